The predicted molar refractivity (Wildman–Crippen MR) is 77.3 cm³/mol. The molecule has 0 saturated carbocycles. The van der Waals surface area contributed by atoms with Gasteiger partial charge in [-0.2, -0.15) is 4.98 Å². The molecule has 0 unspecified atom stereocenters. The molecular formula is C15H17FN4. The molecule has 0 bridgehead atoms. The number of anilines is 2. The van der Waals surface area contributed by atoms with Crippen molar-refractivity contribution in [2.45, 2.75) is 19.4 Å². The van der Waals surface area contributed by atoms with Crippen LogP contribution in [0.15, 0.2) is 30.5 Å². The summed E-state index contributed by atoms with van der Waals surface area (Å²) in [6, 6.07) is 8.33. The molecule has 2 heterocycles. The first-order valence-electron chi connectivity index (χ1n) is 6.80. The van der Waals surface area contributed by atoms with Crippen LogP contribution in [-0.4, -0.2) is 23.6 Å². The first-order chi connectivity index (χ1) is 9.78. The smallest absolute Gasteiger partial charge is 0.224 e. The lowest BCUT2D eigenvalue weighted by Crippen LogP contribution is -2.25. The van der Waals surface area contributed by atoms with Gasteiger partial charge in [0.05, 0.1) is 6.20 Å². The predicted octanol–water partition coefficient (Wildman–Crippen LogP) is 2.61. The number of rotatable bonds is 2. The van der Waals surface area contributed by atoms with E-state index < -0.39 is 0 Å². The standard InChI is InChI=1S/C15H17FN4/c1-17-15-18-9-13(16)14(19-15)20-8-4-7-11-5-2-3-6-12(11)10-20/h2-3,5-6,9H,4,7-8,10H2,1H3,(H,17,18,19). The normalized spacial score (nSPS) is 14.6. The number of nitrogens with one attached hydrogen (secondary N) is 1. The molecule has 3 rings (SSSR count). The first-order valence-corrected chi connectivity index (χ1v) is 6.80. The highest BCUT2D eigenvalue weighted by Crippen LogP contribution is 2.24. The number of benzene rings is 1. The van der Waals surface area contributed by atoms with Crippen molar-refractivity contribution < 1.29 is 4.39 Å². The van der Waals surface area contributed by atoms with Gasteiger partial charge in [-0.3, -0.25) is 0 Å². The van der Waals surface area contributed by atoms with Crippen molar-refractivity contribution in [1.29, 1.82) is 0 Å². The molecule has 0 atom stereocenters. The van der Waals surface area contributed by atoms with Gasteiger partial charge in [-0.25, -0.2) is 9.37 Å². The number of hydrogen-bond donors (Lipinski definition) is 1. The molecule has 0 aliphatic carbocycles. The van der Waals surface area contributed by atoms with Gasteiger partial charge in [-0.1, -0.05) is 24.3 Å². The Hall–Kier alpha value is -2.17. The lowest BCUT2D eigenvalue weighted by Gasteiger charge is -2.22. The fourth-order valence-corrected chi connectivity index (χ4v) is 2.58. The highest BCUT2D eigenvalue weighted by molar-refractivity contribution is 5.46. The molecule has 4 nitrogen and oxygen atoms in total. The van der Waals surface area contributed by atoms with Crippen LogP contribution in [0, 0.1) is 5.82 Å². The molecule has 1 aromatic carbocycles. The highest BCUT2D eigenvalue weighted by atomic mass is 19.1. The van der Waals surface area contributed by atoms with Gasteiger partial charge in [0, 0.05) is 20.1 Å². The minimum atomic E-state index is -0.372. The van der Waals surface area contributed by atoms with Gasteiger partial charge in [0.25, 0.3) is 0 Å². The average molecular weight is 272 g/mol. The molecule has 0 radical (unpaired) electrons. The Balaban J connectivity index is 1.95. The number of nitrogens with zero attached hydrogens (tertiary/aromatic N) is 3. The maximum absolute atomic E-state index is 14.0. The van der Waals surface area contributed by atoms with Crippen molar-refractivity contribution >= 4 is 11.8 Å². The number of halogens is 1. The maximum atomic E-state index is 14.0. The number of fused-ring (bicyclic) bond motifs is 1. The molecule has 2 aromatic rings. The summed E-state index contributed by atoms with van der Waals surface area (Å²) in [6.45, 7) is 1.49. The SMILES string of the molecule is CNc1ncc(F)c(N2CCCc3ccccc3C2)n1. The topological polar surface area (TPSA) is 41.1 Å². The van der Waals surface area contributed by atoms with Crippen molar-refractivity contribution in [3.8, 4) is 0 Å². The summed E-state index contributed by atoms with van der Waals surface area (Å²) in [5.41, 5.74) is 2.59. The third-order valence-corrected chi connectivity index (χ3v) is 3.60. The third-order valence-electron chi connectivity index (χ3n) is 3.60. The Bertz CT molecular complexity index is 615. The second kappa shape index (κ2) is 5.45. The average Bonchev–Trinajstić information content (AvgIpc) is 2.70. The summed E-state index contributed by atoms with van der Waals surface area (Å²) < 4.78 is 14.0. The zero-order chi connectivity index (χ0) is 13.9. The number of hydrogen-bond acceptors (Lipinski definition) is 4. The molecule has 0 spiro atoms. The van der Waals surface area contributed by atoms with Crippen molar-refractivity contribution in [3.63, 3.8) is 0 Å². The van der Waals surface area contributed by atoms with Crippen molar-refractivity contribution in [2.75, 3.05) is 23.8 Å². The molecule has 1 aliphatic heterocycles. The van der Waals surface area contributed by atoms with Gasteiger partial charge in [0.1, 0.15) is 0 Å². The highest BCUT2D eigenvalue weighted by Gasteiger charge is 2.19. The van der Waals surface area contributed by atoms with Crippen LogP contribution < -0.4 is 10.2 Å². The summed E-state index contributed by atoms with van der Waals surface area (Å²) in [5, 5.41) is 2.85. The molecule has 0 amide bonds. The molecule has 5 heteroatoms. The van der Waals surface area contributed by atoms with E-state index in [0.717, 1.165) is 19.4 Å². The third kappa shape index (κ3) is 2.43. The van der Waals surface area contributed by atoms with Crippen molar-refractivity contribution in [1.82, 2.24) is 9.97 Å². The van der Waals surface area contributed by atoms with Crippen LogP contribution in [0.2, 0.25) is 0 Å². The van der Waals surface area contributed by atoms with Gasteiger partial charge in [-0.15, -0.1) is 0 Å². The summed E-state index contributed by atoms with van der Waals surface area (Å²) in [6.07, 6.45) is 3.25. The Morgan fingerprint density at radius 3 is 2.85 bits per heavy atom. The largest absolute Gasteiger partial charge is 0.357 e. The fraction of sp³-hybridized carbons (Fsp3) is 0.333. The van der Waals surface area contributed by atoms with E-state index in [1.807, 2.05) is 11.0 Å². The Morgan fingerprint density at radius 1 is 1.25 bits per heavy atom. The monoisotopic (exact) mass is 272 g/mol. The van der Waals surface area contributed by atoms with Crippen LogP contribution in [0.5, 0.6) is 0 Å². The van der Waals surface area contributed by atoms with E-state index in [4.69, 9.17) is 0 Å². The Labute approximate surface area is 117 Å². The molecule has 104 valence electrons. The van der Waals surface area contributed by atoms with Crippen LogP contribution in [0.3, 0.4) is 0 Å². The molecule has 0 fully saturated rings. The van der Waals surface area contributed by atoms with Crippen molar-refractivity contribution in [3.05, 3.63) is 47.4 Å². The summed E-state index contributed by atoms with van der Waals surface area (Å²) in [4.78, 5) is 10.1. The van der Waals surface area contributed by atoms with Crippen LogP contribution in [-0.2, 0) is 13.0 Å². The fourth-order valence-electron chi connectivity index (χ4n) is 2.58. The minimum Gasteiger partial charge on any atom is -0.357 e. The van der Waals surface area contributed by atoms with Crippen LogP contribution in [0.1, 0.15) is 17.5 Å². The second-order valence-electron chi connectivity index (χ2n) is 4.91. The van der Waals surface area contributed by atoms with Gasteiger partial charge in [0.2, 0.25) is 5.95 Å². The van der Waals surface area contributed by atoms with Crippen LogP contribution >= 0.6 is 0 Å². The van der Waals surface area contributed by atoms with Crippen molar-refractivity contribution in [2.24, 2.45) is 0 Å². The van der Waals surface area contributed by atoms with Gasteiger partial charge >= 0.3 is 0 Å². The summed E-state index contributed by atoms with van der Waals surface area (Å²) >= 11 is 0. The van der Waals surface area contributed by atoms with E-state index in [1.165, 1.54) is 17.3 Å². The quantitative estimate of drug-likeness (QED) is 0.912. The summed E-state index contributed by atoms with van der Waals surface area (Å²) in [7, 11) is 1.73. The lowest BCUT2D eigenvalue weighted by atomic mass is 10.0. The van der Waals surface area contributed by atoms with Gasteiger partial charge in [-0.05, 0) is 24.0 Å². The Morgan fingerprint density at radius 2 is 2.05 bits per heavy atom. The number of aryl methyl sites for hydroxylation is 1. The van der Waals surface area contributed by atoms with E-state index in [1.54, 1.807) is 7.05 Å². The van der Waals surface area contributed by atoms with Crippen LogP contribution in [0.4, 0.5) is 16.2 Å². The van der Waals surface area contributed by atoms with E-state index in [-0.39, 0.29) is 5.82 Å². The van der Waals surface area contributed by atoms with Gasteiger partial charge < -0.3 is 10.2 Å². The molecule has 1 aromatic heterocycles. The van der Waals surface area contributed by atoms with E-state index in [0.29, 0.717) is 18.3 Å². The zero-order valence-corrected chi connectivity index (χ0v) is 11.4. The minimum absolute atomic E-state index is 0.372. The first kappa shape index (κ1) is 12.8. The van der Waals surface area contributed by atoms with E-state index in [9.17, 15) is 4.39 Å². The zero-order valence-electron chi connectivity index (χ0n) is 11.4. The molecule has 1 N–H and O–H groups in total. The Kier molecular flexibility index (Phi) is 3.50. The number of aromatic nitrogens is 2. The second-order valence-corrected chi connectivity index (χ2v) is 4.91. The molecular weight excluding hydrogens is 255 g/mol. The lowest BCUT2D eigenvalue weighted by molar-refractivity contribution is 0.599. The van der Waals surface area contributed by atoms with Crippen LogP contribution in [0.25, 0.3) is 0 Å². The maximum Gasteiger partial charge on any atom is 0.224 e. The molecule has 0 saturated heterocycles. The summed E-state index contributed by atoms with van der Waals surface area (Å²) in [5.74, 6) is 0.448. The van der Waals surface area contributed by atoms with E-state index >= 15 is 0 Å². The molecule has 20 heavy (non-hydrogen) atoms. The molecule has 1 aliphatic rings. The van der Waals surface area contributed by atoms with Gasteiger partial charge in [0.15, 0.2) is 11.6 Å². The van der Waals surface area contributed by atoms with E-state index in [2.05, 4.69) is 33.5 Å².